The molecule has 2 amide bonds. The number of amides is 2. The van der Waals surface area contributed by atoms with E-state index in [4.69, 9.17) is 15.3 Å². The summed E-state index contributed by atoms with van der Waals surface area (Å²) in [4.78, 5) is 26.7. The Kier molecular flexibility index (Phi) is 5.47. The summed E-state index contributed by atoms with van der Waals surface area (Å²) in [5.41, 5.74) is -2.06. The highest BCUT2D eigenvalue weighted by atomic mass is 19.4. The van der Waals surface area contributed by atoms with Gasteiger partial charge in [0.05, 0.1) is 28.8 Å². The number of hydrogen-bond donors (Lipinski definition) is 0. The van der Waals surface area contributed by atoms with Crippen molar-refractivity contribution < 1.29 is 27.5 Å². The molecule has 6 nitrogen and oxygen atoms in total. The number of nitrogens with zero attached hydrogens (tertiary/aromatic N) is 3. The molecule has 1 atom stereocenters. The summed E-state index contributed by atoms with van der Waals surface area (Å²) >= 11 is 0. The van der Waals surface area contributed by atoms with Crippen LogP contribution < -0.4 is 4.74 Å². The lowest BCUT2D eigenvalue weighted by molar-refractivity contribution is -0.137. The molecular weight excluding hydrogens is 411 g/mol. The van der Waals surface area contributed by atoms with Gasteiger partial charge in [-0.2, -0.15) is 23.7 Å². The van der Waals surface area contributed by atoms with Crippen molar-refractivity contribution in [3.8, 4) is 17.9 Å². The number of ether oxygens (including phenoxy) is 1. The van der Waals surface area contributed by atoms with Gasteiger partial charge in [-0.15, -0.1) is 0 Å². The predicted molar refractivity (Wildman–Crippen MR) is 102 cm³/mol. The van der Waals surface area contributed by atoms with Gasteiger partial charge in [0.25, 0.3) is 11.8 Å². The van der Waals surface area contributed by atoms with Crippen molar-refractivity contribution in [2.24, 2.45) is 5.41 Å². The van der Waals surface area contributed by atoms with Crippen LogP contribution in [0.15, 0.2) is 42.5 Å². The Hall–Kier alpha value is -3.85. The first kappa shape index (κ1) is 21.8. The van der Waals surface area contributed by atoms with Gasteiger partial charge in [0.15, 0.2) is 6.10 Å². The Labute approximate surface area is 176 Å². The average Bonchev–Trinajstić information content (AvgIpc) is 2.96. The highest BCUT2D eigenvalue weighted by Gasteiger charge is 2.50. The molecule has 1 aliphatic heterocycles. The zero-order chi connectivity index (χ0) is 23.0. The Morgan fingerprint density at radius 2 is 1.77 bits per heavy atom. The zero-order valence-electron chi connectivity index (χ0n) is 16.5. The van der Waals surface area contributed by atoms with Crippen LogP contribution in [-0.4, -0.2) is 29.4 Å². The molecule has 0 aromatic heterocycles. The molecule has 2 aromatic rings. The standard InChI is InChI=1S/C22H16F3N3O3/c1-21(2)12-28(19(29)14-5-3-13(10-26)4-6-14)20(30)18(21)31-16-8-7-15(11-27)17(9-16)22(23,24)25/h3-9,18H,12H2,1-2H3. The van der Waals surface area contributed by atoms with E-state index in [2.05, 4.69) is 0 Å². The van der Waals surface area contributed by atoms with E-state index in [9.17, 15) is 22.8 Å². The van der Waals surface area contributed by atoms with Crippen LogP contribution in [0, 0.1) is 28.1 Å². The van der Waals surface area contributed by atoms with E-state index in [0.29, 0.717) is 11.6 Å². The molecule has 9 heteroatoms. The molecule has 0 bridgehead atoms. The van der Waals surface area contributed by atoms with Gasteiger partial charge in [0.1, 0.15) is 5.75 Å². The minimum atomic E-state index is -4.77. The molecule has 31 heavy (non-hydrogen) atoms. The van der Waals surface area contributed by atoms with Crippen LogP contribution in [0.3, 0.4) is 0 Å². The summed E-state index contributed by atoms with van der Waals surface area (Å²) < 4.78 is 45.3. The highest BCUT2D eigenvalue weighted by Crippen LogP contribution is 2.38. The van der Waals surface area contributed by atoms with E-state index < -0.39 is 40.6 Å². The predicted octanol–water partition coefficient (Wildman–Crippen LogP) is 3.90. The van der Waals surface area contributed by atoms with Crippen molar-refractivity contribution in [2.45, 2.75) is 26.1 Å². The van der Waals surface area contributed by atoms with Gasteiger partial charge in [0, 0.05) is 17.5 Å². The molecule has 0 aliphatic carbocycles. The van der Waals surface area contributed by atoms with Crippen LogP contribution in [0.4, 0.5) is 13.2 Å². The van der Waals surface area contributed by atoms with Gasteiger partial charge >= 0.3 is 6.18 Å². The summed E-state index contributed by atoms with van der Waals surface area (Å²) in [5, 5.41) is 17.8. The van der Waals surface area contributed by atoms with Crippen molar-refractivity contribution in [1.29, 1.82) is 10.5 Å². The first-order valence-corrected chi connectivity index (χ1v) is 9.12. The molecule has 1 heterocycles. The molecule has 3 rings (SSSR count). The molecule has 0 saturated carbocycles. The number of nitriles is 2. The highest BCUT2D eigenvalue weighted by molar-refractivity contribution is 6.07. The van der Waals surface area contributed by atoms with Crippen molar-refractivity contribution in [2.75, 3.05) is 6.54 Å². The summed E-state index contributed by atoms with van der Waals surface area (Å²) in [6, 6.07) is 12.0. The molecule has 0 spiro atoms. The maximum atomic E-state index is 13.2. The quantitative estimate of drug-likeness (QED) is 0.693. The van der Waals surface area contributed by atoms with Crippen molar-refractivity contribution in [3.63, 3.8) is 0 Å². The van der Waals surface area contributed by atoms with E-state index >= 15 is 0 Å². The number of imide groups is 1. The molecule has 0 radical (unpaired) electrons. The van der Waals surface area contributed by atoms with E-state index in [1.165, 1.54) is 36.4 Å². The van der Waals surface area contributed by atoms with Gasteiger partial charge in [-0.25, -0.2) is 0 Å². The molecule has 2 aromatic carbocycles. The number of carbonyl (C=O) groups is 2. The van der Waals surface area contributed by atoms with E-state index in [1.54, 1.807) is 13.8 Å². The first-order valence-electron chi connectivity index (χ1n) is 9.12. The van der Waals surface area contributed by atoms with Gasteiger partial charge in [-0.05, 0) is 42.5 Å². The number of benzene rings is 2. The SMILES string of the molecule is CC1(C)CN(C(=O)c2ccc(C#N)cc2)C(=O)C1Oc1ccc(C#N)c(C(F)(F)F)c1. The van der Waals surface area contributed by atoms with Gasteiger partial charge in [0.2, 0.25) is 0 Å². The lowest BCUT2D eigenvalue weighted by atomic mass is 9.89. The molecule has 158 valence electrons. The zero-order valence-corrected chi connectivity index (χ0v) is 16.5. The lowest BCUT2D eigenvalue weighted by Gasteiger charge is -2.24. The van der Waals surface area contributed by atoms with E-state index in [0.717, 1.165) is 11.0 Å². The second kappa shape index (κ2) is 7.77. The molecule has 1 fully saturated rings. The number of alkyl halides is 3. The normalized spacial score (nSPS) is 17.7. The minimum Gasteiger partial charge on any atom is -0.480 e. The van der Waals surface area contributed by atoms with Crippen LogP contribution >= 0.6 is 0 Å². The maximum Gasteiger partial charge on any atom is 0.417 e. The van der Waals surface area contributed by atoms with Crippen molar-refractivity contribution in [3.05, 3.63) is 64.7 Å². The molecule has 1 unspecified atom stereocenters. The van der Waals surface area contributed by atoms with E-state index in [1.807, 2.05) is 6.07 Å². The summed E-state index contributed by atoms with van der Waals surface area (Å²) in [6.45, 7) is 3.32. The summed E-state index contributed by atoms with van der Waals surface area (Å²) in [7, 11) is 0. The van der Waals surface area contributed by atoms with Crippen LogP contribution in [-0.2, 0) is 11.0 Å². The topological polar surface area (TPSA) is 94.2 Å². The Balaban J connectivity index is 1.88. The fourth-order valence-electron chi connectivity index (χ4n) is 3.33. The molecular formula is C22H16F3N3O3. The molecule has 1 aliphatic rings. The number of hydrogen-bond acceptors (Lipinski definition) is 5. The average molecular weight is 427 g/mol. The minimum absolute atomic E-state index is 0.00224. The van der Waals surface area contributed by atoms with Crippen molar-refractivity contribution >= 4 is 11.8 Å². The van der Waals surface area contributed by atoms with Gasteiger partial charge in [-0.1, -0.05) is 13.8 Å². The van der Waals surface area contributed by atoms with Gasteiger partial charge in [-0.3, -0.25) is 14.5 Å². The number of carbonyl (C=O) groups excluding carboxylic acids is 2. The van der Waals surface area contributed by atoms with E-state index in [-0.39, 0.29) is 17.9 Å². The fraction of sp³-hybridized carbons (Fsp3) is 0.273. The van der Waals surface area contributed by atoms with Crippen LogP contribution in [0.2, 0.25) is 0 Å². The first-order chi connectivity index (χ1) is 14.5. The van der Waals surface area contributed by atoms with Crippen LogP contribution in [0.25, 0.3) is 0 Å². The van der Waals surface area contributed by atoms with Gasteiger partial charge < -0.3 is 4.74 Å². The monoisotopic (exact) mass is 427 g/mol. The molecule has 1 saturated heterocycles. The third kappa shape index (κ3) is 4.22. The third-order valence-electron chi connectivity index (χ3n) is 4.94. The summed E-state index contributed by atoms with van der Waals surface area (Å²) in [6.07, 6.45) is -5.97. The number of rotatable bonds is 3. The van der Waals surface area contributed by atoms with Crippen molar-refractivity contribution in [1.82, 2.24) is 4.90 Å². The largest absolute Gasteiger partial charge is 0.480 e. The number of likely N-dealkylation sites (tertiary alicyclic amines) is 1. The Morgan fingerprint density at radius 1 is 1.13 bits per heavy atom. The van der Waals surface area contributed by atoms with Crippen LogP contribution in [0.5, 0.6) is 5.75 Å². The lowest BCUT2D eigenvalue weighted by Crippen LogP contribution is -2.38. The summed E-state index contributed by atoms with van der Waals surface area (Å²) in [5.74, 6) is -1.51. The van der Waals surface area contributed by atoms with Crippen LogP contribution in [0.1, 0.15) is 40.9 Å². The number of halogens is 3. The molecule has 0 N–H and O–H groups in total. The smallest absolute Gasteiger partial charge is 0.417 e. The Morgan fingerprint density at radius 3 is 2.32 bits per heavy atom. The Bertz CT molecular complexity index is 1130. The third-order valence-corrected chi connectivity index (χ3v) is 4.94. The second-order valence-corrected chi connectivity index (χ2v) is 7.72. The fourth-order valence-corrected chi connectivity index (χ4v) is 3.33. The maximum absolute atomic E-state index is 13.2. The second-order valence-electron chi connectivity index (χ2n) is 7.72.